The van der Waals surface area contributed by atoms with Gasteiger partial charge in [-0.25, -0.2) is 0 Å². The molecular weight excluding hydrogens is 436 g/mol. The van der Waals surface area contributed by atoms with Crippen LogP contribution in [-0.4, -0.2) is 35.3 Å². The lowest BCUT2D eigenvalue weighted by Gasteiger charge is -2.20. The molecule has 1 heterocycles. The Balaban J connectivity index is 1.82. The number of nitrogens with one attached hydrogen (secondary N) is 2. The third-order valence-electron chi connectivity index (χ3n) is 4.61. The maximum absolute atomic E-state index is 11.9. The Labute approximate surface area is 178 Å². The van der Waals surface area contributed by atoms with Crippen LogP contribution in [0.15, 0.2) is 47.1 Å². The third-order valence-corrected chi connectivity index (χ3v) is 5.06. The molecule has 7 heteroatoms. The summed E-state index contributed by atoms with van der Waals surface area (Å²) in [6.45, 7) is 4.21. The Bertz CT molecular complexity index is 1000. The van der Waals surface area contributed by atoms with E-state index in [1.165, 1.54) is 0 Å². The summed E-state index contributed by atoms with van der Waals surface area (Å²) in [7, 11) is 1.59. The molecule has 6 nitrogen and oxygen atoms in total. The van der Waals surface area contributed by atoms with E-state index in [2.05, 4.69) is 26.2 Å². The van der Waals surface area contributed by atoms with Crippen molar-refractivity contribution in [3.8, 4) is 11.5 Å². The molecule has 3 aromatic rings. The van der Waals surface area contributed by atoms with Crippen molar-refractivity contribution in [1.29, 1.82) is 0 Å². The second-order valence-electron chi connectivity index (χ2n) is 7.10. The fourth-order valence-corrected chi connectivity index (χ4v) is 3.76. The van der Waals surface area contributed by atoms with E-state index in [4.69, 9.17) is 9.47 Å². The molecular formula is C22H25BrN2O4. The smallest absolute Gasteiger partial charge is 0.321 e. The molecule has 3 N–H and O–H groups in total. The zero-order valence-corrected chi connectivity index (χ0v) is 18.2. The number of para-hydroxylation sites is 1. The Morgan fingerprint density at radius 3 is 2.69 bits per heavy atom. The van der Waals surface area contributed by atoms with Crippen molar-refractivity contribution in [3.05, 3.63) is 58.2 Å². The monoisotopic (exact) mass is 460 g/mol. The number of carboxylic acids is 1. The Morgan fingerprint density at radius 1 is 1.24 bits per heavy atom. The number of aromatic nitrogens is 1. The van der Waals surface area contributed by atoms with Gasteiger partial charge in [-0.3, -0.25) is 10.1 Å². The van der Waals surface area contributed by atoms with E-state index < -0.39 is 12.0 Å². The number of ether oxygens (including phenoxy) is 2. The standard InChI is InChI=1S/C22H25BrN2O4/c1-13(2)29-21-15(8-16(23)10-20(21)28-3)12-25-19(22(26)27)9-14-11-24-18-7-5-4-6-17(14)18/h4-8,10-11,13,19,24-25H,9,12H2,1-3H3,(H,26,27)/t19-/m0/s1. The van der Waals surface area contributed by atoms with Crippen LogP contribution in [0.1, 0.15) is 25.0 Å². The second-order valence-corrected chi connectivity index (χ2v) is 8.01. The van der Waals surface area contributed by atoms with Crippen LogP contribution < -0.4 is 14.8 Å². The van der Waals surface area contributed by atoms with Crippen LogP contribution in [0.3, 0.4) is 0 Å². The van der Waals surface area contributed by atoms with Crippen molar-refractivity contribution >= 4 is 32.8 Å². The Kier molecular flexibility index (Phi) is 6.82. The molecule has 0 saturated heterocycles. The van der Waals surface area contributed by atoms with E-state index in [9.17, 15) is 9.90 Å². The number of halogens is 1. The molecule has 0 fully saturated rings. The molecule has 0 saturated carbocycles. The highest BCUT2D eigenvalue weighted by atomic mass is 79.9. The predicted molar refractivity (Wildman–Crippen MR) is 117 cm³/mol. The van der Waals surface area contributed by atoms with E-state index in [-0.39, 0.29) is 6.10 Å². The minimum absolute atomic E-state index is 0.0367. The van der Waals surface area contributed by atoms with E-state index >= 15 is 0 Å². The molecule has 0 amide bonds. The van der Waals surface area contributed by atoms with Gasteiger partial charge in [-0.15, -0.1) is 0 Å². The van der Waals surface area contributed by atoms with Crippen LogP contribution in [0.4, 0.5) is 0 Å². The predicted octanol–water partition coefficient (Wildman–Crippen LogP) is 4.51. The van der Waals surface area contributed by atoms with Crippen molar-refractivity contribution in [2.45, 2.75) is 39.0 Å². The van der Waals surface area contributed by atoms with E-state index in [1.54, 1.807) is 7.11 Å². The van der Waals surface area contributed by atoms with Crippen molar-refractivity contribution in [1.82, 2.24) is 10.3 Å². The van der Waals surface area contributed by atoms with Crippen LogP contribution in [0.2, 0.25) is 0 Å². The number of aromatic amines is 1. The van der Waals surface area contributed by atoms with Gasteiger partial charge in [-0.1, -0.05) is 34.1 Å². The number of H-pyrrole nitrogens is 1. The largest absolute Gasteiger partial charge is 0.493 e. The van der Waals surface area contributed by atoms with Crippen LogP contribution in [0, 0.1) is 0 Å². The number of carboxylic acid groups (broad SMARTS) is 1. The summed E-state index contributed by atoms with van der Waals surface area (Å²) in [6, 6.07) is 10.9. The van der Waals surface area contributed by atoms with Crippen LogP contribution >= 0.6 is 15.9 Å². The molecule has 1 aromatic heterocycles. The number of fused-ring (bicyclic) bond motifs is 1. The molecule has 3 rings (SSSR count). The Hall–Kier alpha value is -2.51. The maximum atomic E-state index is 11.9. The first-order valence-corrected chi connectivity index (χ1v) is 10.2. The van der Waals surface area contributed by atoms with Gasteiger partial charge in [0.05, 0.1) is 13.2 Å². The van der Waals surface area contributed by atoms with E-state index in [0.29, 0.717) is 24.5 Å². The van der Waals surface area contributed by atoms with Crippen molar-refractivity contribution < 1.29 is 19.4 Å². The minimum atomic E-state index is -0.899. The lowest BCUT2D eigenvalue weighted by molar-refractivity contribution is -0.139. The van der Waals surface area contributed by atoms with Gasteiger partial charge < -0.3 is 19.6 Å². The van der Waals surface area contributed by atoms with E-state index in [0.717, 1.165) is 26.5 Å². The summed E-state index contributed by atoms with van der Waals surface area (Å²) in [5, 5.41) is 14.0. The van der Waals surface area contributed by atoms with Crippen molar-refractivity contribution in [2.24, 2.45) is 0 Å². The van der Waals surface area contributed by atoms with Gasteiger partial charge in [-0.05, 0) is 37.6 Å². The van der Waals surface area contributed by atoms with Gasteiger partial charge >= 0.3 is 5.97 Å². The van der Waals surface area contributed by atoms with Gasteiger partial charge in [-0.2, -0.15) is 0 Å². The summed E-state index contributed by atoms with van der Waals surface area (Å²) >= 11 is 3.48. The highest BCUT2D eigenvalue weighted by Gasteiger charge is 2.21. The molecule has 0 unspecified atom stereocenters. The number of carbonyl (C=O) groups is 1. The molecule has 0 radical (unpaired) electrons. The molecule has 0 aliphatic heterocycles. The number of rotatable bonds is 9. The first-order valence-electron chi connectivity index (χ1n) is 9.43. The topological polar surface area (TPSA) is 83.6 Å². The molecule has 0 aliphatic carbocycles. The van der Waals surface area contributed by atoms with Gasteiger partial charge in [0.15, 0.2) is 11.5 Å². The normalized spacial score (nSPS) is 12.3. The zero-order valence-electron chi connectivity index (χ0n) is 16.7. The number of benzene rings is 2. The summed E-state index contributed by atoms with van der Waals surface area (Å²) in [6.07, 6.45) is 2.20. The molecule has 2 aromatic carbocycles. The third kappa shape index (κ3) is 5.10. The summed E-state index contributed by atoms with van der Waals surface area (Å²) in [5.41, 5.74) is 2.79. The number of methoxy groups -OCH3 is 1. The number of hydrogen-bond acceptors (Lipinski definition) is 4. The van der Waals surface area contributed by atoms with Gasteiger partial charge in [0.1, 0.15) is 6.04 Å². The van der Waals surface area contributed by atoms with Gasteiger partial charge in [0.25, 0.3) is 0 Å². The first kappa shape index (κ1) is 21.2. The number of aliphatic carboxylic acids is 1. The zero-order chi connectivity index (χ0) is 21.0. The SMILES string of the molecule is COc1cc(Br)cc(CN[C@@H](Cc2c[nH]c3ccccc23)C(=O)O)c1OC(C)C. The van der Waals surface area contributed by atoms with Crippen LogP contribution in [0.25, 0.3) is 10.9 Å². The van der Waals surface area contributed by atoms with Crippen molar-refractivity contribution in [2.75, 3.05) is 7.11 Å². The minimum Gasteiger partial charge on any atom is -0.493 e. The molecule has 29 heavy (non-hydrogen) atoms. The molecule has 0 bridgehead atoms. The molecule has 0 aliphatic rings. The fourth-order valence-electron chi connectivity index (χ4n) is 3.28. The summed E-state index contributed by atoms with van der Waals surface area (Å²) in [5.74, 6) is 0.325. The summed E-state index contributed by atoms with van der Waals surface area (Å²) in [4.78, 5) is 15.1. The van der Waals surface area contributed by atoms with Crippen LogP contribution in [0.5, 0.6) is 11.5 Å². The highest BCUT2D eigenvalue weighted by Crippen LogP contribution is 2.35. The maximum Gasteiger partial charge on any atom is 0.321 e. The van der Waals surface area contributed by atoms with Crippen LogP contribution in [-0.2, 0) is 17.8 Å². The quantitative estimate of drug-likeness (QED) is 0.437. The van der Waals surface area contributed by atoms with E-state index in [1.807, 2.05) is 56.4 Å². The second kappa shape index (κ2) is 9.33. The molecule has 154 valence electrons. The first-order chi connectivity index (χ1) is 13.9. The average Bonchev–Trinajstić information content (AvgIpc) is 3.09. The lowest BCUT2D eigenvalue weighted by Crippen LogP contribution is -2.38. The number of hydrogen-bond donors (Lipinski definition) is 3. The molecule has 1 atom stereocenters. The highest BCUT2D eigenvalue weighted by molar-refractivity contribution is 9.10. The fraction of sp³-hybridized carbons (Fsp3) is 0.318. The molecule has 0 spiro atoms. The van der Waals surface area contributed by atoms with Crippen molar-refractivity contribution in [3.63, 3.8) is 0 Å². The Morgan fingerprint density at radius 2 is 2.00 bits per heavy atom. The van der Waals surface area contributed by atoms with Gasteiger partial charge in [0.2, 0.25) is 0 Å². The lowest BCUT2D eigenvalue weighted by atomic mass is 10.0. The van der Waals surface area contributed by atoms with Gasteiger partial charge in [0, 0.05) is 40.1 Å². The average molecular weight is 461 g/mol. The summed E-state index contributed by atoms with van der Waals surface area (Å²) < 4.78 is 12.2.